The van der Waals surface area contributed by atoms with Gasteiger partial charge in [0.1, 0.15) is 5.83 Å². The molecule has 2 heterocycles. The van der Waals surface area contributed by atoms with Crippen molar-refractivity contribution in [2.24, 2.45) is 4.99 Å². The molecule has 3 rings (SSSR count). The number of halogens is 2. The van der Waals surface area contributed by atoms with Gasteiger partial charge in [0.25, 0.3) is 0 Å². The van der Waals surface area contributed by atoms with Gasteiger partial charge in [-0.1, -0.05) is 0 Å². The molecular weight excluding hydrogens is 340 g/mol. The zero-order valence-corrected chi connectivity index (χ0v) is 13.2. The molecule has 2 N–H and O–H groups in total. The van der Waals surface area contributed by atoms with Crippen molar-refractivity contribution in [3.8, 4) is 0 Å². The summed E-state index contributed by atoms with van der Waals surface area (Å²) in [6, 6.07) is 2.32. The van der Waals surface area contributed by atoms with Crippen LogP contribution in [0.15, 0.2) is 51.1 Å². The summed E-state index contributed by atoms with van der Waals surface area (Å²) in [4.78, 5) is 27.8. The van der Waals surface area contributed by atoms with E-state index >= 15 is 0 Å². The fraction of sp³-hybridized carbons (Fsp3) is 0.188. The van der Waals surface area contributed by atoms with E-state index < -0.39 is 34.9 Å². The van der Waals surface area contributed by atoms with Crippen LogP contribution in [0.5, 0.6) is 0 Å². The maximum Gasteiger partial charge on any atom is 0.307 e. The van der Waals surface area contributed by atoms with Crippen LogP contribution in [0, 0.1) is 5.13 Å². The minimum absolute atomic E-state index is 0.0187. The number of Topliss-reactive ketones (excluding diaryl/α,β-unsaturated/α-hetero) is 1. The first-order valence-electron chi connectivity index (χ1n) is 6.91. The number of carbonyl (C=O) groups excluding carboxylic acids is 1. The van der Waals surface area contributed by atoms with Gasteiger partial charge in [-0.15, -0.1) is 11.3 Å². The van der Waals surface area contributed by atoms with Crippen LogP contribution in [-0.4, -0.2) is 27.7 Å². The highest BCUT2D eigenvalue weighted by molar-refractivity contribution is 7.12. The topological polar surface area (TPSA) is 87.0 Å². The van der Waals surface area contributed by atoms with Crippen LogP contribution < -0.4 is 0 Å². The Morgan fingerprint density at radius 2 is 2.04 bits per heavy atom. The zero-order valence-electron chi connectivity index (χ0n) is 12.4. The largest absolute Gasteiger partial charge is 0.505 e. The normalized spacial score (nSPS) is 17.4. The van der Waals surface area contributed by atoms with Gasteiger partial charge in [-0.3, -0.25) is 14.6 Å². The third-order valence-electron chi connectivity index (χ3n) is 3.75. The quantitative estimate of drug-likeness (QED) is 0.810. The average Bonchev–Trinajstić information content (AvgIpc) is 3.05. The first-order valence-corrected chi connectivity index (χ1v) is 7.73. The number of ketones is 1. The van der Waals surface area contributed by atoms with E-state index in [1.165, 1.54) is 6.07 Å². The Kier molecular flexibility index (Phi) is 3.92. The third-order valence-corrected chi connectivity index (χ3v) is 4.62. The first kappa shape index (κ1) is 16.3. The van der Waals surface area contributed by atoms with Gasteiger partial charge < -0.3 is 10.2 Å². The number of thiophene rings is 1. The van der Waals surface area contributed by atoms with Crippen LogP contribution in [-0.2, 0) is 4.79 Å². The van der Waals surface area contributed by atoms with Gasteiger partial charge in [0.05, 0.1) is 22.6 Å². The molecule has 2 aliphatic rings. The number of aliphatic hydroxyl groups is 1. The summed E-state index contributed by atoms with van der Waals surface area (Å²) in [6.07, 6.45) is -0.740. The van der Waals surface area contributed by atoms with Gasteiger partial charge in [0.2, 0.25) is 5.78 Å². The number of carbonyl (C=O) groups is 2. The summed E-state index contributed by atoms with van der Waals surface area (Å²) in [6.45, 7) is 1.55. The Bertz CT molecular complexity index is 905. The van der Waals surface area contributed by atoms with E-state index in [1.807, 2.05) is 0 Å². The lowest BCUT2D eigenvalue weighted by Gasteiger charge is -2.19. The molecule has 0 saturated heterocycles. The van der Waals surface area contributed by atoms with Crippen molar-refractivity contribution in [1.29, 1.82) is 0 Å². The summed E-state index contributed by atoms with van der Waals surface area (Å²) >= 11 is 0.564. The van der Waals surface area contributed by atoms with Crippen molar-refractivity contribution in [3.63, 3.8) is 0 Å². The second-order valence-electron chi connectivity index (χ2n) is 5.31. The molecule has 0 spiro atoms. The summed E-state index contributed by atoms with van der Waals surface area (Å²) < 4.78 is 27.2. The van der Waals surface area contributed by atoms with Gasteiger partial charge in [0.15, 0.2) is 10.9 Å². The van der Waals surface area contributed by atoms with Crippen molar-refractivity contribution >= 4 is 28.8 Å². The summed E-state index contributed by atoms with van der Waals surface area (Å²) in [5.41, 5.74) is 0.559. The van der Waals surface area contributed by atoms with Gasteiger partial charge in [-0.05, 0) is 24.6 Å². The number of fused-ring (bicyclic) bond motifs is 1. The molecule has 0 radical (unpaired) electrons. The third kappa shape index (κ3) is 2.58. The number of aliphatic hydroxyl groups excluding tert-OH is 1. The van der Waals surface area contributed by atoms with Crippen LogP contribution in [0.25, 0.3) is 0 Å². The molecule has 1 aromatic rings. The second-order valence-corrected chi connectivity index (χ2v) is 6.34. The van der Waals surface area contributed by atoms with Gasteiger partial charge in [0, 0.05) is 17.7 Å². The SMILES string of the molecule is CC1=C(CC(=O)O)C2=C(C(=O)c3ccc(F)s3)C(O)=C(F)CC2=N1. The van der Waals surface area contributed by atoms with Gasteiger partial charge >= 0.3 is 5.97 Å². The van der Waals surface area contributed by atoms with Crippen molar-refractivity contribution in [2.45, 2.75) is 19.8 Å². The number of rotatable bonds is 4. The Labute approximate surface area is 139 Å². The lowest BCUT2D eigenvalue weighted by Crippen LogP contribution is -2.19. The molecule has 1 aliphatic carbocycles. The van der Waals surface area contributed by atoms with Crippen LogP contribution in [0.1, 0.15) is 29.4 Å². The number of carboxylic acids is 1. The Hall–Kier alpha value is -2.61. The number of aliphatic carboxylic acids is 1. The number of hydrogen-bond acceptors (Lipinski definition) is 5. The van der Waals surface area contributed by atoms with Crippen LogP contribution in [0.4, 0.5) is 8.78 Å². The van der Waals surface area contributed by atoms with Crippen LogP contribution in [0.3, 0.4) is 0 Å². The molecule has 0 fully saturated rings. The number of allylic oxidation sites excluding steroid dienone is 4. The lowest BCUT2D eigenvalue weighted by atomic mass is 9.85. The standard InChI is InChI=1S/C16H11F2NO4S/c1-6-7(4-12(20)21)13-9(19-6)5-8(17)15(22)14(13)16(23)10-2-3-11(18)24-10/h2-3,22H,4-5H2,1H3,(H,20,21). The highest BCUT2D eigenvalue weighted by atomic mass is 32.1. The predicted molar refractivity (Wildman–Crippen MR) is 83.4 cm³/mol. The molecule has 0 unspecified atom stereocenters. The minimum Gasteiger partial charge on any atom is -0.505 e. The molecule has 0 amide bonds. The van der Waals surface area contributed by atoms with E-state index in [4.69, 9.17) is 5.11 Å². The van der Waals surface area contributed by atoms with E-state index in [0.29, 0.717) is 17.0 Å². The predicted octanol–water partition coefficient (Wildman–Crippen LogP) is 3.71. The number of carboxylic acid groups (broad SMARTS) is 1. The van der Waals surface area contributed by atoms with Crippen molar-refractivity contribution in [1.82, 2.24) is 0 Å². The van der Waals surface area contributed by atoms with E-state index in [2.05, 4.69) is 4.99 Å². The molecule has 124 valence electrons. The van der Waals surface area contributed by atoms with E-state index in [9.17, 15) is 23.5 Å². The van der Waals surface area contributed by atoms with E-state index in [1.54, 1.807) is 6.92 Å². The maximum absolute atomic E-state index is 14.0. The summed E-state index contributed by atoms with van der Waals surface area (Å²) in [5, 5.41) is 18.5. The number of hydrogen-bond donors (Lipinski definition) is 2. The molecule has 0 bridgehead atoms. The zero-order chi connectivity index (χ0) is 17.6. The maximum atomic E-state index is 14.0. The average molecular weight is 351 g/mol. The molecule has 5 nitrogen and oxygen atoms in total. The minimum atomic E-state index is -1.14. The second kappa shape index (κ2) is 5.79. The monoisotopic (exact) mass is 351 g/mol. The van der Waals surface area contributed by atoms with Crippen molar-refractivity contribution in [2.75, 3.05) is 0 Å². The fourth-order valence-corrected chi connectivity index (χ4v) is 3.41. The molecule has 0 aromatic carbocycles. The molecule has 1 aromatic heterocycles. The van der Waals surface area contributed by atoms with E-state index in [-0.39, 0.29) is 33.7 Å². The van der Waals surface area contributed by atoms with Crippen molar-refractivity contribution in [3.05, 3.63) is 56.1 Å². The van der Waals surface area contributed by atoms with Gasteiger partial charge in [-0.25, -0.2) is 4.39 Å². The highest BCUT2D eigenvalue weighted by Gasteiger charge is 2.37. The number of aliphatic imine (C=N–C) groups is 1. The van der Waals surface area contributed by atoms with Crippen LogP contribution >= 0.6 is 11.3 Å². The number of nitrogens with zero attached hydrogens (tertiary/aromatic N) is 1. The van der Waals surface area contributed by atoms with Crippen molar-refractivity contribution < 1.29 is 28.6 Å². The first-order chi connectivity index (χ1) is 11.3. The summed E-state index contributed by atoms with van der Waals surface area (Å²) in [7, 11) is 0. The Morgan fingerprint density at radius 1 is 1.33 bits per heavy atom. The Balaban J connectivity index is 2.20. The molecular formula is C16H11F2NO4S. The molecule has 8 heteroatoms. The molecule has 1 aliphatic heterocycles. The highest BCUT2D eigenvalue weighted by Crippen LogP contribution is 2.40. The van der Waals surface area contributed by atoms with Gasteiger partial charge in [-0.2, -0.15) is 4.39 Å². The fourth-order valence-electron chi connectivity index (χ4n) is 2.74. The molecule has 0 saturated carbocycles. The van der Waals surface area contributed by atoms with Crippen LogP contribution in [0.2, 0.25) is 0 Å². The molecule has 24 heavy (non-hydrogen) atoms. The Morgan fingerprint density at radius 3 is 2.62 bits per heavy atom. The lowest BCUT2D eigenvalue weighted by molar-refractivity contribution is -0.136. The molecule has 0 atom stereocenters. The summed E-state index contributed by atoms with van der Waals surface area (Å²) in [5.74, 6) is -3.68. The van der Waals surface area contributed by atoms with E-state index in [0.717, 1.165) is 6.07 Å². The smallest absolute Gasteiger partial charge is 0.307 e.